The molecule has 0 aromatic carbocycles. The van der Waals surface area contributed by atoms with Crippen molar-refractivity contribution in [2.24, 2.45) is 0 Å². The first-order valence-corrected chi connectivity index (χ1v) is 4.55. The monoisotopic (exact) mass is 222 g/mol. The number of hydrogen-bond acceptors (Lipinski definition) is 2. The van der Waals surface area contributed by atoms with E-state index in [0.717, 1.165) is 5.69 Å². The van der Waals surface area contributed by atoms with Crippen LogP contribution in [0.3, 0.4) is 0 Å². The smallest absolute Gasteiger partial charge is 0.371 e. The number of halogens is 3. The second-order valence-corrected chi connectivity index (χ2v) is 3.04. The van der Waals surface area contributed by atoms with Crippen molar-refractivity contribution in [3.8, 4) is 0 Å². The highest BCUT2D eigenvalue weighted by Crippen LogP contribution is 2.13. The summed E-state index contributed by atoms with van der Waals surface area (Å²) in [6.45, 7) is -0.130. The van der Waals surface area contributed by atoms with Crippen LogP contribution >= 0.6 is 0 Å². The van der Waals surface area contributed by atoms with Crippen LogP contribution in [0.15, 0.2) is 18.3 Å². The number of nitrogens with one attached hydrogen (secondary N) is 2. The molecule has 3 nitrogen and oxygen atoms in total. The van der Waals surface area contributed by atoms with Gasteiger partial charge in [-0.3, -0.25) is 0 Å². The topological polar surface area (TPSA) is 37.0 Å². The molecule has 1 aromatic rings. The van der Waals surface area contributed by atoms with Crippen molar-refractivity contribution in [1.29, 1.82) is 0 Å². The normalized spacial score (nSPS) is 11.9. The van der Waals surface area contributed by atoms with Gasteiger partial charge in [-0.2, -0.15) is 13.2 Å². The van der Waals surface area contributed by atoms with Crippen LogP contribution in [-0.2, 0) is 11.3 Å². The molecule has 1 rings (SSSR count). The van der Waals surface area contributed by atoms with E-state index < -0.39 is 12.8 Å². The van der Waals surface area contributed by atoms with Crippen LogP contribution in [0.2, 0.25) is 0 Å². The largest absolute Gasteiger partial charge is 0.411 e. The van der Waals surface area contributed by atoms with Crippen LogP contribution in [0.1, 0.15) is 5.69 Å². The maximum atomic E-state index is 11.6. The minimum atomic E-state index is -4.24. The van der Waals surface area contributed by atoms with Crippen molar-refractivity contribution in [1.82, 2.24) is 10.3 Å². The van der Waals surface area contributed by atoms with Gasteiger partial charge in [-0.15, -0.1) is 0 Å². The van der Waals surface area contributed by atoms with Gasteiger partial charge in [0.25, 0.3) is 0 Å². The third kappa shape index (κ3) is 6.14. The summed E-state index contributed by atoms with van der Waals surface area (Å²) < 4.78 is 39.3. The molecule has 15 heavy (non-hydrogen) atoms. The molecule has 0 aliphatic carbocycles. The third-order valence-electron chi connectivity index (χ3n) is 1.67. The zero-order valence-electron chi connectivity index (χ0n) is 8.10. The number of rotatable bonds is 6. The Bertz CT molecular complexity index is 259. The lowest BCUT2D eigenvalue weighted by Crippen LogP contribution is -2.23. The zero-order valence-corrected chi connectivity index (χ0v) is 8.10. The van der Waals surface area contributed by atoms with Crippen LogP contribution in [0.5, 0.6) is 0 Å². The molecule has 0 bridgehead atoms. The SMILES string of the molecule is FC(F)(F)COCCNCc1ccc[nH]1. The third-order valence-corrected chi connectivity index (χ3v) is 1.67. The van der Waals surface area contributed by atoms with Gasteiger partial charge in [0.1, 0.15) is 6.61 Å². The Balaban J connectivity index is 1.94. The highest BCUT2D eigenvalue weighted by Gasteiger charge is 2.27. The average Bonchev–Trinajstić information content (AvgIpc) is 2.61. The molecule has 0 fully saturated rings. The highest BCUT2D eigenvalue weighted by molar-refractivity contribution is 5.02. The molecule has 0 radical (unpaired) electrons. The molecule has 1 heterocycles. The van der Waals surface area contributed by atoms with Crippen molar-refractivity contribution in [3.63, 3.8) is 0 Å². The lowest BCUT2D eigenvalue weighted by molar-refractivity contribution is -0.173. The Morgan fingerprint density at radius 1 is 1.40 bits per heavy atom. The lowest BCUT2D eigenvalue weighted by Gasteiger charge is -2.07. The molecule has 6 heteroatoms. The summed E-state index contributed by atoms with van der Waals surface area (Å²) in [5, 5.41) is 2.95. The van der Waals surface area contributed by atoms with E-state index in [2.05, 4.69) is 15.0 Å². The Morgan fingerprint density at radius 2 is 2.20 bits per heavy atom. The van der Waals surface area contributed by atoms with E-state index in [9.17, 15) is 13.2 Å². The fraction of sp³-hybridized carbons (Fsp3) is 0.556. The van der Waals surface area contributed by atoms with E-state index >= 15 is 0 Å². The molecule has 0 spiro atoms. The van der Waals surface area contributed by atoms with Gasteiger partial charge in [0.15, 0.2) is 0 Å². The van der Waals surface area contributed by atoms with E-state index in [4.69, 9.17) is 0 Å². The van der Waals surface area contributed by atoms with Gasteiger partial charge in [-0.05, 0) is 12.1 Å². The van der Waals surface area contributed by atoms with Crippen LogP contribution < -0.4 is 5.32 Å². The molecule has 1 aromatic heterocycles. The minimum Gasteiger partial charge on any atom is -0.371 e. The number of H-pyrrole nitrogens is 1. The minimum absolute atomic E-state index is 0.0558. The molecule has 0 unspecified atom stereocenters. The molecule has 86 valence electrons. The summed E-state index contributed by atoms with van der Waals surface area (Å²) >= 11 is 0. The molecular formula is C9H13F3N2O. The Labute approximate surface area is 85.6 Å². The molecule has 0 amide bonds. The summed E-state index contributed by atoms with van der Waals surface area (Å²) in [7, 11) is 0. The quantitative estimate of drug-likeness (QED) is 0.718. The molecule has 0 saturated carbocycles. The standard InChI is InChI=1S/C9H13F3N2O/c10-9(11,12)7-15-5-4-13-6-8-2-1-3-14-8/h1-3,13-14H,4-7H2. The van der Waals surface area contributed by atoms with Crippen LogP contribution in [0, 0.1) is 0 Å². The molecule has 0 aliphatic heterocycles. The molecule has 0 saturated heterocycles. The number of ether oxygens (including phenoxy) is 1. The van der Waals surface area contributed by atoms with Crippen LogP contribution in [-0.4, -0.2) is 30.9 Å². The van der Waals surface area contributed by atoms with E-state index in [-0.39, 0.29) is 6.61 Å². The maximum Gasteiger partial charge on any atom is 0.411 e. The van der Waals surface area contributed by atoms with E-state index in [1.54, 1.807) is 6.20 Å². The van der Waals surface area contributed by atoms with E-state index in [1.807, 2.05) is 12.1 Å². The van der Waals surface area contributed by atoms with Crippen LogP contribution in [0.4, 0.5) is 13.2 Å². The van der Waals surface area contributed by atoms with Gasteiger partial charge in [0.2, 0.25) is 0 Å². The number of aromatic nitrogens is 1. The number of alkyl halides is 3. The fourth-order valence-electron chi connectivity index (χ4n) is 1.03. The van der Waals surface area contributed by atoms with Gasteiger partial charge in [0, 0.05) is 25.0 Å². The summed E-state index contributed by atoms with van der Waals surface area (Å²) in [5.41, 5.74) is 0.992. The van der Waals surface area contributed by atoms with Crippen molar-refractivity contribution in [2.45, 2.75) is 12.7 Å². The first kappa shape index (κ1) is 12.1. The Hall–Kier alpha value is -1.01. The molecule has 0 atom stereocenters. The van der Waals surface area contributed by atoms with E-state index in [1.165, 1.54) is 0 Å². The van der Waals surface area contributed by atoms with Gasteiger partial charge < -0.3 is 15.0 Å². The van der Waals surface area contributed by atoms with Crippen LogP contribution in [0.25, 0.3) is 0 Å². The fourth-order valence-corrected chi connectivity index (χ4v) is 1.03. The summed E-state index contributed by atoms with van der Waals surface area (Å²) in [5.74, 6) is 0. The van der Waals surface area contributed by atoms with Crippen molar-refractivity contribution >= 4 is 0 Å². The highest BCUT2D eigenvalue weighted by atomic mass is 19.4. The predicted molar refractivity (Wildman–Crippen MR) is 49.4 cm³/mol. The second kappa shape index (κ2) is 5.77. The molecular weight excluding hydrogens is 209 g/mol. The maximum absolute atomic E-state index is 11.6. The average molecular weight is 222 g/mol. The predicted octanol–water partition coefficient (Wildman–Crippen LogP) is 1.68. The number of hydrogen-bond donors (Lipinski definition) is 2. The first-order valence-electron chi connectivity index (χ1n) is 4.55. The zero-order chi connectivity index (χ0) is 11.1. The molecule has 2 N–H and O–H groups in total. The Morgan fingerprint density at radius 3 is 2.80 bits per heavy atom. The number of aromatic amines is 1. The van der Waals surface area contributed by atoms with E-state index in [0.29, 0.717) is 13.1 Å². The summed E-state index contributed by atoms with van der Waals surface area (Å²) in [6, 6.07) is 3.75. The van der Waals surface area contributed by atoms with Gasteiger partial charge in [-0.25, -0.2) is 0 Å². The van der Waals surface area contributed by atoms with Gasteiger partial charge >= 0.3 is 6.18 Å². The summed E-state index contributed by atoms with van der Waals surface area (Å²) in [6.07, 6.45) is -2.45. The van der Waals surface area contributed by atoms with Gasteiger partial charge in [0.05, 0.1) is 6.61 Å². The summed E-state index contributed by atoms with van der Waals surface area (Å²) in [4.78, 5) is 2.97. The second-order valence-electron chi connectivity index (χ2n) is 3.04. The van der Waals surface area contributed by atoms with Crippen molar-refractivity contribution in [3.05, 3.63) is 24.0 Å². The van der Waals surface area contributed by atoms with Crippen molar-refractivity contribution < 1.29 is 17.9 Å². The Kier molecular flexibility index (Phi) is 4.64. The first-order chi connectivity index (χ1) is 7.08. The molecule has 0 aliphatic rings. The van der Waals surface area contributed by atoms with Gasteiger partial charge in [-0.1, -0.05) is 0 Å². The van der Waals surface area contributed by atoms with Crippen molar-refractivity contribution in [2.75, 3.05) is 19.8 Å². The lowest BCUT2D eigenvalue weighted by atomic mass is 10.4.